The molecule has 17 heavy (non-hydrogen) atoms. The molecule has 8 heteroatoms. The summed E-state index contributed by atoms with van der Waals surface area (Å²) in [5.41, 5.74) is -0.399. The van der Waals surface area contributed by atoms with Gasteiger partial charge in [0, 0.05) is 18.8 Å². The van der Waals surface area contributed by atoms with Gasteiger partial charge in [0.15, 0.2) is 0 Å². The van der Waals surface area contributed by atoms with Crippen LogP contribution in [0.1, 0.15) is 0 Å². The van der Waals surface area contributed by atoms with E-state index >= 15 is 0 Å². The fourth-order valence-corrected chi connectivity index (χ4v) is 1.61. The Bertz CT molecular complexity index is 427. The van der Waals surface area contributed by atoms with Crippen molar-refractivity contribution in [2.45, 2.75) is 0 Å². The molecule has 1 aromatic carbocycles. The molecule has 1 heterocycles. The summed E-state index contributed by atoms with van der Waals surface area (Å²) in [6.45, 7) is -4.16. The fraction of sp³-hybridized carbons (Fsp3) is 0.222. The zero-order valence-electron chi connectivity index (χ0n) is 9.29. The van der Waals surface area contributed by atoms with E-state index in [4.69, 9.17) is 0 Å². The minimum Gasteiger partial charge on any atom is -0.445 e. The quantitative estimate of drug-likeness (QED) is 0.635. The van der Waals surface area contributed by atoms with Gasteiger partial charge in [0.25, 0.3) is 0 Å². The first-order valence-electron chi connectivity index (χ1n) is 4.84. The normalized spacial score (nSPS) is 15.5. The van der Waals surface area contributed by atoms with Crippen molar-refractivity contribution in [1.82, 2.24) is 5.32 Å². The number of amides is 2. The maximum Gasteiger partial charge on any atom is 1.00 e. The number of anilines is 1. The van der Waals surface area contributed by atoms with Crippen molar-refractivity contribution in [3.05, 3.63) is 24.3 Å². The average Bonchev–Trinajstić information content (AvgIpc) is 2.63. The van der Waals surface area contributed by atoms with Crippen LogP contribution in [0.3, 0.4) is 0 Å². The Balaban J connectivity index is 0.00000144. The van der Waals surface area contributed by atoms with Crippen LogP contribution in [-0.4, -0.2) is 26.1 Å². The van der Waals surface area contributed by atoms with Gasteiger partial charge in [-0.3, -0.25) is 4.90 Å². The van der Waals surface area contributed by atoms with Crippen molar-refractivity contribution in [2.75, 3.05) is 18.0 Å². The van der Waals surface area contributed by atoms with Gasteiger partial charge in [0.05, 0.1) is 0 Å². The molecule has 2 amide bonds. The van der Waals surface area contributed by atoms with Gasteiger partial charge in [0.2, 0.25) is 0 Å². The number of carbonyl (C=O) groups excluding carboxylic acids is 1. The molecule has 1 saturated heterocycles. The Hall–Kier alpha value is -0.0187. The van der Waals surface area contributed by atoms with Crippen molar-refractivity contribution in [2.24, 2.45) is 0 Å². The third-order valence-corrected chi connectivity index (χ3v) is 2.42. The van der Waals surface area contributed by atoms with E-state index in [-0.39, 0.29) is 63.1 Å². The molecule has 3 nitrogen and oxygen atoms in total. The molecular weight excluding hydrogens is 259 g/mol. The predicted octanol–water partition coefficient (Wildman–Crippen LogP) is -1.73. The van der Waals surface area contributed by atoms with E-state index in [0.717, 1.165) is 12.1 Å². The molecular formula is C9H9BF3KN2O. The second-order valence-corrected chi connectivity index (χ2v) is 3.55. The third-order valence-electron chi connectivity index (χ3n) is 2.42. The van der Waals surface area contributed by atoms with Crippen molar-refractivity contribution in [1.29, 1.82) is 0 Å². The number of hydrogen-bond acceptors (Lipinski definition) is 1. The smallest absolute Gasteiger partial charge is 0.445 e. The molecule has 2 rings (SSSR count). The Morgan fingerprint density at radius 1 is 1.29 bits per heavy atom. The number of nitrogens with zero attached hydrogens (tertiary/aromatic N) is 1. The molecule has 86 valence electrons. The molecule has 1 N–H and O–H groups in total. The molecule has 0 bridgehead atoms. The van der Waals surface area contributed by atoms with Crippen LogP contribution in [0.2, 0.25) is 0 Å². The van der Waals surface area contributed by atoms with Gasteiger partial charge >= 0.3 is 64.4 Å². The second kappa shape index (κ2) is 5.75. The summed E-state index contributed by atoms with van der Waals surface area (Å²) in [6, 6.07) is 4.47. The van der Waals surface area contributed by atoms with Crippen LogP contribution in [0, 0.1) is 0 Å². The molecule has 1 aliphatic rings. The molecule has 0 radical (unpaired) electrons. The standard InChI is InChI=1S/C9H9BF3N2O.K/c11-10(12,13)7-2-1-3-8(6-7)15-5-4-14-9(15)16;/h1-3,6H,4-5H2,(H,14,16);/q-1;+1. The summed E-state index contributed by atoms with van der Waals surface area (Å²) in [7, 11) is 0. The molecule has 1 aliphatic heterocycles. The number of rotatable bonds is 2. The van der Waals surface area contributed by atoms with Crippen LogP contribution in [0.25, 0.3) is 0 Å². The Morgan fingerprint density at radius 2 is 2.00 bits per heavy atom. The van der Waals surface area contributed by atoms with E-state index in [1.807, 2.05) is 0 Å². The number of carbonyl (C=O) groups is 1. The maximum absolute atomic E-state index is 12.5. The average molecular weight is 268 g/mol. The monoisotopic (exact) mass is 268 g/mol. The van der Waals surface area contributed by atoms with Gasteiger partial charge < -0.3 is 18.3 Å². The van der Waals surface area contributed by atoms with Gasteiger partial charge in [0.1, 0.15) is 0 Å². The molecule has 0 spiro atoms. The van der Waals surface area contributed by atoms with Gasteiger partial charge in [-0.25, -0.2) is 4.79 Å². The van der Waals surface area contributed by atoms with E-state index in [1.54, 1.807) is 0 Å². The van der Waals surface area contributed by atoms with Gasteiger partial charge in [-0.15, -0.1) is 5.46 Å². The number of halogens is 3. The van der Waals surface area contributed by atoms with Crippen molar-refractivity contribution in [3.8, 4) is 0 Å². The molecule has 0 atom stereocenters. The van der Waals surface area contributed by atoms with Crippen LogP contribution >= 0.6 is 0 Å². The summed E-state index contributed by atoms with van der Waals surface area (Å²) in [4.78, 5) is 12.6. The van der Waals surface area contributed by atoms with Crippen molar-refractivity contribution >= 4 is 24.2 Å². The minimum absolute atomic E-state index is 0. The van der Waals surface area contributed by atoms with Crippen LogP contribution in [0.5, 0.6) is 0 Å². The van der Waals surface area contributed by atoms with Crippen LogP contribution in [0.15, 0.2) is 24.3 Å². The summed E-state index contributed by atoms with van der Waals surface area (Å²) >= 11 is 0. The first-order chi connectivity index (χ1) is 7.48. The van der Waals surface area contributed by atoms with E-state index in [1.165, 1.54) is 17.0 Å². The summed E-state index contributed by atoms with van der Waals surface area (Å²) in [6.07, 6.45) is 0. The molecule has 0 aromatic heterocycles. The van der Waals surface area contributed by atoms with E-state index in [0.29, 0.717) is 13.1 Å². The molecule has 1 aromatic rings. The maximum atomic E-state index is 12.5. The first kappa shape index (κ1) is 15.0. The van der Waals surface area contributed by atoms with E-state index < -0.39 is 12.4 Å². The Labute approximate surface area is 139 Å². The Kier molecular flexibility index (Phi) is 5.08. The van der Waals surface area contributed by atoms with Crippen LogP contribution in [-0.2, 0) is 0 Å². The predicted molar refractivity (Wildman–Crippen MR) is 55.9 cm³/mol. The fourth-order valence-electron chi connectivity index (χ4n) is 1.61. The molecule has 0 saturated carbocycles. The topological polar surface area (TPSA) is 32.3 Å². The second-order valence-electron chi connectivity index (χ2n) is 3.55. The summed E-state index contributed by atoms with van der Waals surface area (Å²) in [5.74, 6) is 0. The summed E-state index contributed by atoms with van der Waals surface area (Å²) < 4.78 is 37.5. The largest absolute Gasteiger partial charge is 1.00 e. The van der Waals surface area contributed by atoms with Crippen LogP contribution < -0.4 is 67.1 Å². The van der Waals surface area contributed by atoms with Gasteiger partial charge in [-0.2, -0.15) is 0 Å². The van der Waals surface area contributed by atoms with Gasteiger partial charge in [-0.05, 0) is 6.07 Å². The minimum atomic E-state index is -5.02. The van der Waals surface area contributed by atoms with E-state index in [2.05, 4.69) is 5.32 Å². The zero-order chi connectivity index (χ0) is 11.8. The number of urea groups is 1. The molecule has 0 unspecified atom stereocenters. The third kappa shape index (κ3) is 3.48. The number of benzene rings is 1. The SMILES string of the molecule is O=C1NCCN1c1cccc([B-](F)(F)F)c1.[K+]. The van der Waals surface area contributed by atoms with Gasteiger partial charge in [-0.1, -0.05) is 18.2 Å². The van der Waals surface area contributed by atoms with E-state index in [9.17, 15) is 17.7 Å². The zero-order valence-corrected chi connectivity index (χ0v) is 12.4. The van der Waals surface area contributed by atoms with Crippen LogP contribution in [0.4, 0.5) is 23.4 Å². The summed E-state index contributed by atoms with van der Waals surface area (Å²) in [5, 5.41) is 2.54. The first-order valence-corrected chi connectivity index (χ1v) is 4.84. The Morgan fingerprint density at radius 3 is 2.53 bits per heavy atom. The number of nitrogens with one attached hydrogen (secondary N) is 1. The molecule has 1 fully saturated rings. The molecule has 0 aliphatic carbocycles. The van der Waals surface area contributed by atoms with Crippen molar-refractivity contribution in [3.63, 3.8) is 0 Å². The number of hydrogen-bond donors (Lipinski definition) is 1. The van der Waals surface area contributed by atoms with Crippen molar-refractivity contribution < 1.29 is 69.1 Å².